The number of nitrogens with zero attached hydrogens (tertiary/aromatic N) is 2. The summed E-state index contributed by atoms with van der Waals surface area (Å²) in [6.07, 6.45) is 5.07. The Morgan fingerprint density at radius 2 is 2.40 bits per heavy atom. The summed E-state index contributed by atoms with van der Waals surface area (Å²) in [7, 11) is 0. The first-order valence-corrected chi connectivity index (χ1v) is 6.21. The lowest BCUT2D eigenvalue weighted by Crippen LogP contribution is -2.56. The summed E-state index contributed by atoms with van der Waals surface area (Å²) < 4.78 is 0. The van der Waals surface area contributed by atoms with E-state index in [0.29, 0.717) is 6.04 Å². The highest BCUT2D eigenvalue weighted by Crippen LogP contribution is 2.44. The minimum atomic E-state index is 0.263. The van der Waals surface area contributed by atoms with E-state index in [1.54, 1.807) is 0 Å². The monoisotopic (exact) mass is 209 g/mol. The molecule has 15 heavy (non-hydrogen) atoms. The number of aliphatic imine (C=N–C) groups is 1. The van der Waals surface area contributed by atoms with Gasteiger partial charge in [-0.2, -0.15) is 0 Å². The highest BCUT2D eigenvalue weighted by atomic mass is 15.4. The molecule has 0 bridgehead atoms. The van der Waals surface area contributed by atoms with Gasteiger partial charge in [0.25, 0.3) is 0 Å². The Balaban J connectivity index is 2.26. The van der Waals surface area contributed by atoms with E-state index in [4.69, 9.17) is 5.73 Å². The lowest BCUT2D eigenvalue weighted by atomic mass is 9.86. The van der Waals surface area contributed by atoms with Crippen LogP contribution in [0.3, 0.4) is 0 Å². The summed E-state index contributed by atoms with van der Waals surface area (Å²) in [5, 5.41) is 0. The van der Waals surface area contributed by atoms with Gasteiger partial charge in [0.1, 0.15) is 0 Å². The molecule has 2 aliphatic rings. The zero-order chi connectivity index (χ0) is 11.1. The Morgan fingerprint density at radius 1 is 1.67 bits per heavy atom. The molecule has 0 radical (unpaired) electrons. The maximum Gasteiger partial charge on any atom is 0.192 e. The third-order valence-corrected chi connectivity index (χ3v) is 4.44. The summed E-state index contributed by atoms with van der Waals surface area (Å²) in [4.78, 5) is 6.90. The lowest BCUT2D eigenvalue weighted by molar-refractivity contribution is 0.117. The summed E-state index contributed by atoms with van der Waals surface area (Å²) in [6.45, 7) is 7.77. The van der Waals surface area contributed by atoms with Crippen LogP contribution in [0.5, 0.6) is 0 Å². The minimum Gasteiger partial charge on any atom is -0.370 e. The summed E-state index contributed by atoms with van der Waals surface area (Å²) in [5.41, 5.74) is 6.31. The first kappa shape index (κ1) is 10.8. The minimum absolute atomic E-state index is 0.263. The quantitative estimate of drug-likeness (QED) is 0.755. The van der Waals surface area contributed by atoms with Gasteiger partial charge in [-0.25, -0.2) is 0 Å². The predicted octanol–water partition coefficient (Wildman–Crippen LogP) is 1.97. The third-order valence-electron chi connectivity index (χ3n) is 4.44. The van der Waals surface area contributed by atoms with E-state index in [1.165, 1.54) is 19.3 Å². The van der Waals surface area contributed by atoms with Crippen LogP contribution in [0.15, 0.2) is 4.99 Å². The smallest absolute Gasteiger partial charge is 0.192 e. The first-order chi connectivity index (χ1) is 7.12. The Hall–Kier alpha value is -0.730. The van der Waals surface area contributed by atoms with Crippen LogP contribution >= 0.6 is 0 Å². The van der Waals surface area contributed by atoms with Crippen molar-refractivity contribution in [2.75, 3.05) is 6.54 Å². The molecule has 1 fully saturated rings. The van der Waals surface area contributed by atoms with Crippen LogP contribution in [-0.4, -0.2) is 29.0 Å². The highest BCUT2D eigenvalue weighted by molar-refractivity contribution is 5.81. The molecular weight excluding hydrogens is 186 g/mol. The van der Waals surface area contributed by atoms with Gasteiger partial charge in [-0.15, -0.1) is 0 Å². The van der Waals surface area contributed by atoms with Crippen molar-refractivity contribution in [2.45, 2.75) is 58.0 Å². The summed E-state index contributed by atoms with van der Waals surface area (Å²) in [5.74, 6) is 1.51. The molecule has 2 N–H and O–H groups in total. The standard InChI is InChI=1S/C12H23N3/c1-4-10(3)15-11(13)14-8-12(15)7-5-6-9(12)2/h9-10H,4-8H2,1-3H3,(H2,13,14). The number of hydrogen-bond donors (Lipinski definition) is 1. The van der Waals surface area contributed by atoms with Gasteiger partial charge in [0.2, 0.25) is 0 Å². The van der Waals surface area contributed by atoms with Gasteiger partial charge in [0, 0.05) is 6.04 Å². The van der Waals surface area contributed by atoms with Crippen molar-refractivity contribution in [3.05, 3.63) is 0 Å². The Labute approximate surface area is 92.7 Å². The van der Waals surface area contributed by atoms with E-state index >= 15 is 0 Å². The van der Waals surface area contributed by atoms with Crippen LogP contribution in [0, 0.1) is 5.92 Å². The lowest BCUT2D eigenvalue weighted by Gasteiger charge is -2.43. The van der Waals surface area contributed by atoms with E-state index in [2.05, 4.69) is 30.7 Å². The molecule has 3 unspecified atom stereocenters. The molecule has 1 saturated carbocycles. The predicted molar refractivity (Wildman–Crippen MR) is 63.8 cm³/mol. The van der Waals surface area contributed by atoms with Crippen molar-refractivity contribution in [2.24, 2.45) is 16.6 Å². The van der Waals surface area contributed by atoms with Crippen LogP contribution < -0.4 is 5.73 Å². The normalized spacial score (nSPS) is 37.4. The van der Waals surface area contributed by atoms with Crippen molar-refractivity contribution in [1.29, 1.82) is 0 Å². The molecule has 2 rings (SSSR count). The van der Waals surface area contributed by atoms with E-state index in [-0.39, 0.29) is 5.54 Å². The molecule has 0 aromatic heterocycles. The molecule has 3 atom stereocenters. The molecule has 1 aliphatic carbocycles. The van der Waals surface area contributed by atoms with Crippen molar-refractivity contribution in [3.8, 4) is 0 Å². The zero-order valence-electron chi connectivity index (χ0n) is 10.2. The third kappa shape index (κ3) is 1.44. The molecule has 0 aromatic carbocycles. The summed E-state index contributed by atoms with van der Waals surface area (Å²) >= 11 is 0. The average molecular weight is 209 g/mol. The SMILES string of the molecule is CCC(C)N1C(N)=NCC12CCCC2C. The molecule has 86 valence electrons. The van der Waals surface area contributed by atoms with E-state index < -0.39 is 0 Å². The van der Waals surface area contributed by atoms with Crippen LogP contribution in [0.1, 0.15) is 46.5 Å². The van der Waals surface area contributed by atoms with Gasteiger partial charge < -0.3 is 10.6 Å². The Bertz CT molecular complexity index is 274. The molecular formula is C12H23N3. The fourth-order valence-corrected chi connectivity index (χ4v) is 3.27. The summed E-state index contributed by atoms with van der Waals surface area (Å²) in [6, 6.07) is 0.525. The van der Waals surface area contributed by atoms with Gasteiger partial charge in [-0.1, -0.05) is 20.3 Å². The molecule has 0 aromatic rings. The number of nitrogens with two attached hydrogens (primary N) is 1. The first-order valence-electron chi connectivity index (χ1n) is 6.21. The van der Waals surface area contributed by atoms with E-state index in [0.717, 1.165) is 24.8 Å². The second-order valence-electron chi connectivity index (χ2n) is 5.20. The molecule has 1 spiro atoms. The van der Waals surface area contributed by atoms with Gasteiger partial charge in [-0.05, 0) is 32.1 Å². The maximum atomic E-state index is 6.05. The van der Waals surface area contributed by atoms with Crippen LogP contribution in [0.4, 0.5) is 0 Å². The topological polar surface area (TPSA) is 41.6 Å². The Morgan fingerprint density at radius 3 is 2.93 bits per heavy atom. The number of hydrogen-bond acceptors (Lipinski definition) is 3. The molecule has 0 amide bonds. The van der Waals surface area contributed by atoms with Crippen molar-refractivity contribution in [1.82, 2.24) is 4.90 Å². The van der Waals surface area contributed by atoms with Gasteiger partial charge >= 0.3 is 0 Å². The number of rotatable bonds is 2. The second-order valence-corrected chi connectivity index (χ2v) is 5.20. The second kappa shape index (κ2) is 3.69. The van der Waals surface area contributed by atoms with Crippen LogP contribution in [0.25, 0.3) is 0 Å². The van der Waals surface area contributed by atoms with Crippen molar-refractivity contribution >= 4 is 5.96 Å². The fourth-order valence-electron chi connectivity index (χ4n) is 3.27. The fraction of sp³-hybridized carbons (Fsp3) is 0.917. The average Bonchev–Trinajstić information content (AvgIpc) is 2.73. The van der Waals surface area contributed by atoms with Crippen molar-refractivity contribution < 1.29 is 0 Å². The van der Waals surface area contributed by atoms with E-state index in [1.807, 2.05) is 0 Å². The van der Waals surface area contributed by atoms with E-state index in [9.17, 15) is 0 Å². The Kier molecular flexibility index (Phi) is 2.65. The van der Waals surface area contributed by atoms with Gasteiger partial charge in [0.05, 0.1) is 12.1 Å². The molecule has 1 heterocycles. The van der Waals surface area contributed by atoms with Gasteiger partial charge in [0.15, 0.2) is 5.96 Å². The number of guanidine groups is 1. The highest BCUT2D eigenvalue weighted by Gasteiger charge is 2.50. The maximum absolute atomic E-state index is 6.05. The largest absolute Gasteiger partial charge is 0.370 e. The van der Waals surface area contributed by atoms with Gasteiger partial charge in [-0.3, -0.25) is 4.99 Å². The molecule has 3 nitrogen and oxygen atoms in total. The molecule has 3 heteroatoms. The molecule has 0 saturated heterocycles. The van der Waals surface area contributed by atoms with Crippen molar-refractivity contribution in [3.63, 3.8) is 0 Å². The van der Waals surface area contributed by atoms with Crippen LogP contribution in [0.2, 0.25) is 0 Å². The van der Waals surface area contributed by atoms with Crippen LogP contribution in [-0.2, 0) is 0 Å². The zero-order valence-corrected chi connectivity index (χ0v) is 10.2. The molecule has 1 aliphatic heterocycles.